The summed E-state index contributed by atoms with van der Waals surface area (Å²) < 4.78 is 33.7. The quantitative estimate of drug-likeness (QED) is 0.634. The van der Waals surface area contributed by atoms with Gasteiger partial charge in [-0.25, -0.2) is 13.6 Å². The van der Waals surface area contributed by atoms with Crippen molar-refractivity contribution in [1.82, 2.24) is 4.98 Å². The zero-order valence-electron chi connectivity index (χ0n) is 13.8. The molecule has 2 heterocycles. The van der Waals surface area contributed by atoms with Crippen molar-refractivity contribution in [2.24, 2.45) is 5.73 Å². The first-order valence-electron chi connectivity index (χ1n) is 6.99. The summed E-state index contributed by atoms with van der Waals surface area (Å²) in [4.78, 5) is 26.3. The largest absolute Gasteiger partial charge is 0.483 e. The second kappa shape index (κ2) is 8.23. The van der Waals surface area contributed by atoms with Gasteiger partial charge in [0.15, 0.2) is 17.4 Å². The van der Waals surface area contributed by atoms with Crippen LogP contribution in [0.2, 0.25) is 5.02 Å². The van der Waals surface area contributed by atoms with Gasteiger partial charge in [-0.3, -0.25) is 9.78 Å². The van der Waals surface area contributed by atoms with Crippen LogP contribution in [0.15, 0.2) is 24.5 Å². The van der Waals surface area contributed by atoms with E-state index in [-0.39, 0.29) is 39.9 Å². The first kappa shape index (κ1) is 21.1. The van der Waals surface area contributed by atoms with E-state index in [0.29, 0.717) is 10.1 Å². The molecular weight excluding hydrogens is 397 g/mol. The van der Waals surface area contributed by atoms with Crippen molar-refractivity contribution in [3.8, 4) is 5.75 Å². The molecule has 3 N–H and O–H groups in total. The summed E-state index contributed by atoms with van der Waals surface area (Å²) in [6.45, 7) is -0.449. The van der Waals surface area contributed by atoms with Gasteiger partial charge in [-0.1, -0.05) is 11.6 Å². The van der Waals surface area contributed by atoms with E-state index in [1.54, 1.807) is 0 Å². The Morgan fingerprint density at radius 2 is 1.89 bits per heavy atom. The van der Waals surface area contributed by atoms with Gasteiger partial charge in [-0.15, -0.1) is 11.3 Å². The Kier molecular flexibility index (Phi) is 6.44. The monoisotopic (exact) mass is 405 g/mol. The number of pyridine rings is 1. The summed E-state index contributed by atoms with van der Waals surface area (Å²) in [6.07, 6.45) is 2.76. The average Bonchev–Trinajstić information content (AvgIpc) is 2.94. The fourth-order valence-electron chi connectivity index (χ4n) is 2.37. The van der Waals surface area contributed by atoms with Crippen LogP contribution in [0.1, 0.15) is 25.6 Å². The molecule has 135 valence electrons. The maximum Gasteiger partial charge on any atom is 0.346 e. The number of aromatic nitrogens is 1. The molecule has 1 radical (unpaired) electrons. The van der Waals surface area contributed by atoms with Gasteiger partial charge in [0.1, 0.15) is 11.5 Å². The minimum absolute atomic E-state index is 0. The number of carboxylic acids is 1. The van der Waals surface area contributed by atoms with Crippen LogP contribution in [0.25, 0.3) is 10.1 Å². The molecule has 0 aliphatic carbocycles. The van der Waals surface area contributed by atoms with Crippen molar-refractivity contribution in [3.63, 3.8) is 0 Å². The van der Waals surface area contributed by atoms with Crippen LogP contribution < -0.4 is 10.5 Å². The fourth-order valence-corrected chi connectivity index (χ4v) is 3.74. The number of carbonyl (C=O) groups is 2. The third kappa shape index (κ3) is 4.06. The van der Waals surface area contributed by atoms with Gasteiger partial charge in [-0.2, -0.15) is 0 Å². The Morgan fingerprint density at radius 1 is 1.26 bits per heavy atom. The predicted molar refractivity (Wildman–Crippen MR) is 96.6 cm³/mol. The summed E-state index contributed by atoms with van der Waals surface area (Å²) in [7, 11) is 0. The first-order valence-corrected chi connectivity index (χ1v) is 8.18. The number of hydrogen-bond acceptors (Lipinski definition) is 5. The standard InChI is InChI=1S/C16H9ClF2N2O4S.Li/c17-8-3-21-4-11-12(8)7(14(26-11)16(23)24)5-25-13-9(18)1-6(15(20)22)2-10(13)19;/h1-4H,5H2,(H2,20,22)(H,23,24);. The molecule has 27 heavy (non-hydrogen) atoms. The smallest absolute Gasteiger partial charge is 0.346 e. The number of benzene rings is 1. The van der Waals surface area contributed by atoms with Gasteiger partial charge in [0.25, 0.3) is 0 Å². The maximum absolute atomic E-state index is 14.0. The van der Waals surface area contributed by atoms with Crippen LogP contribution in [-0.2, 0) is 6.61 Å². The van der Waals surface area contributed by atoms with Crippen LogP contribution in [0.3, 0.4) is 0 Å². The Balaban J connectivity index is 0.00000261. The molecule has 0 aliphatic rings. The zero-order chi connectivity index (χ0) is 19.0. The molecule has 1 amide bonds. The molecule has 3 rings (SSSR count). The summed E-state index contributed by atoms with van der Waals surface area (Å²) in [5.74, 6) is -5.25. The summed E-state index contributed by atoms with van der Waals surface area (Å²) >= 11 is 7.00. The number of nitrogens with zero attached hydrogens (tertiary/aromatic N) is 1. The topological polar surface area (TPSA) is 103 Å². The van der Waals surface area contributed by atoms with Gasteiger partial charge >= 0.3 is 5.97 Å². The van der Waals surface area contributed by atoms with E-state index in [4.69, 9.17) is 22.1 Å². The predicted octanol–water partition coefficient (Wildman–Crippen LogP) is 3.22. The Labute approximate surface area is 172 Å². The van der Waals surface area contributed by atoms with Crippen molar-refractivity contribution in [2.45, 2.75) is 6.61 Å². The second-order valence-electron chi connectivity index (χ2n) is 5.13. The van der Waals surface area contributed by atoms with E-state index < -0.39 is 35.9 Å². The number of hydrogen-bond donors (Lipinski definition) is 2. The molecule has 3 aromatic rings. The van der Waals surface area contributed by atoms with Crippen molar-refractivity contribution in [2.75, 3.05) is 0 Å². The summed E-state index contributed by atoms with van der Waals surface area (Å²) in [6, 6.07) is 1.48. The number of carbonyl (C=O) groups excluding carboxylic acids is 1. The molecule has 6 nitrogen and oxygen atoms in total. The number of thiophene rings is 1. The van der Waals surface area contributed by atoms with Gasteiger partial charge in [0, 0.05) is 47.8 Å². The van der Waals surface area contributed by atoms with E-state index in [0.717, 1.165) is 23.5 Å². The molecule has 0 atom stereocenters. The van der Waals surface area contributed by atoms with Crippen LogP contribution in [0.4, 0.5) is 8.78 Å². The molecule has 0 saturated heterocycles. The molecular formula is C16H9ClF2LiN2O4S. The van der Waals surface area contributed by atoms with Crippen LogP contribution in [0.5, 0.6) is 5.75 Å². The average molecular weight is 406 g/mol. The Morgan fingerprint density at radius 3 is 2.44 bits per heavy atom. The molecule has 0 fully saturated rings. The van der Waals surface area contributed by atoms with E-state index in [1.165, 1.54) is 12.4 Å². The minimum atomic E-state index is -1.23. The molecule has 0 unspecified atom stereocenters. The molecule has 2 aromatic heterocycles. The number of carboxylic acid groups (broad SMARTS) is 1. The van der Waals surface area contributed by atoms with Crippen molar-refractivity contribution in [1.29, 1.82) is 0 Å². The van der Waals surface area contributed by atoms with E-state index in [9.17, 15) is 23.5 Å². The van der Waals surface area contributed by atoms with Crippen molar-refractivity contribution < 1.29 is 28.2 Å². The van der Waals surface area contributed by atoms with Gasteiger partial charge < -0.3 is 15.6 Å². The van der Waals surface area contributed by atoms with E-state index in [1.807, 2.05) is 0 Å². The third-order valence-corrected chi connectivity index (χ3v) is 4.93. The normalized spacial score (nSPS) is 10.5. The number of rotatable bonds is 5. The zero-order valence-corrected chi connectivity index (χ0v) is 15.3. The maximum atomic E-state index is 14.0. The number of amides is 1. The van der Waals surface area contributed by atoms with Crippen LogP contribution in [0, 0.1) is 11.6 Å². The van der Waals surface area contributed by atoms with Gasteiger partial charge in [0.05, 0.1) is 9.72 Å². The van der Waals surface area contributed by atoms with Crippen molar-refractivity contribution in [3.05, 3.63) is 57.2 Å². The van der Waals surface area contributed by atoms with Crippen LogP contribution >= 0.6 is 22.9 Å². The molecule has 0 saturated carbocycles. The summed E-state index contributed by atoms with van der Waals surface area (Å²) in [5, 5.41) is 9.93. The number of primary amides is 1. The third-order valence-electron chi connectivity index (χ3n) is 3.49. The number of fused-ring (bicyclic) bond motifs is 1. The Bertz CT molecular complexity index is 1040. The number of ether oxygens (including phenoxy) is 1. The van der Waals surface area contributed by atoms with Gasteiger partial charge in [-0.05, 0) is 12.1 Å². The van der Waals surface area contributed by atoms with Gasteiger partial charge in [0.2, 0.25) is 5.91 Å². The van der Waals surface area contributed by atoms with Crippen LogP contribution in [-0.4, -0.2) is 40.8 Å². The molecule has 0 spiro atoms. The molecule has 11 heteroatoms. The summed E-state index contributed by atoms with van der Waals surface area (Å²) in [5.41, 5.74) is 4.80. The molecule has 0 bridgehead atoms. The minimum Gasteiger partial charge on any atom is -0.483 e. The number of halogens is 3. The second-order valence-corrected chi connectivity index (χ2v) is 6.59. The molecule has 1 aromatic carbocycles. The molecule has 0 aliphatic heterocycles. The number of aromatic carboxylic acids is 1. The Hall–Kier alpha value is -2.18. The van der Waals surface area contributed by atoms with E-state index >= 15 is 0 Å². The first-order chi connectivity index (χ1) is 12.3. The SMILES string of the molecule is NC(=O)c1cc(F)c(OCc2c(C(=O)O)sc3cncc(Cl)c23)c(F)c1.[Li]. The van der Waals surface area contributed by atoms with Crippen molar-refractivity contribution >= 4 is 63.8 Å². The number of nitrogens with two attached hydrogens (primary N) is 1. The fraction of sp³-hybridized carbons (Fsp3) is 0.0625. The van der Waals surface area contributed by atoms with E-state index in [2.05, 4.69) is 4.98 Å².